The van der Waals surface area contributed by atoms with E-state index in [1.54, 1.807) is 0 Å². The second-order valence-electron chi connectivity index (χ2n) is 7.39. The Balaban J connectivity index is 0.00000182. The van der Waals surface area contributed by atoms with Gasteiger partial charge in [0, 0.05) is 45.8 Å². The van der Waals surface area contributed by atoms with Gasteiger partial charge in [-0.2, -0.15) is 0 Å². The molecule has 0 saturated carbocycles. The number of halogens is 2. The van der Waals surface area contributed by atoms with Crippen LogP contribution in [0.4, 0.5) is 0 Å². The zero-order valence-electron chi connectivity index (χ0n) is 16.3. The molecule has 2 aliphatic rings. The van der Waals surface area contributed by atoms with Crippen molar-refractivity contribution in [1.82, 2.24) is 20.0 Å². The lowest BCUT2D eigenvalue weighted by Crippen LogP contribution is -2.55. The summed E-state index contributed by atoms with van der Waals surface area (Å²) in [5.41, 5.74) is 1.36. The summed E-state index contributed by atoms with van der Waals surface area (Å²) in [6.45, 7) is 7.87. The number of carbonyl (C=O) groups excluding carboxylic acids is 1. The number of piperazine rings is 1. The molecule has 1 atom stereocenters. The number of nitrogens with zero attached hydrogens (tertiary/aromatic N) is 3. The zero-order valence-corrected chi connectivity index (χ0v) is 17.9. The lowest BCUT2D eigenvalue weighted by atomic mass is 10.0. The number of rotatable bonds is 6. The van der Waals surface area contributed by atoms with E-state index in [0.29, 0.717) is 5.91 Å². The third kappa shape index (κ3) is 7.59. The predicted octanol–water partition coefficient (Wildman–Crippen LogP) is 2.25. The van der Waals surface area contributed by atoms with Crippen LogP contribution in [0.2, 0.25) is 0 Å². The Hall–Kier alpha value is -0.850. The van der Waals surface area contributed by atoms with E-state index in [0.717, 1.165) is 58.8 Å². The first-order valence-corrected chi connectivity index (χ1v) is 9.69. The normalized spacial score (nSPS) is 20.7. The van der Waals surface area contributed by atoms with Gasteiger partial charge < -0.3 is 15.1 Å². The average Bonchev–Trinajstić information content (AvgIpc) is 2.68. The van der Waals surface area contributed by atoms with E-state index in [2.05, 4.69) is 57.4 Å². The number of carbonyl (C=O) groups is 1. The molecule has 0 radical (unpaired) electrons. The predicted molar refractivity (Wildman–Crippen MR) is 116 cm³/mol. The van der Waals surface area contributed by atoms with Crippen LogP contribution in [0.25, 0.3) is 0 Å². The van der Waals surface area contributed by atoms with E-state index < -0.39 is 0 Å². The van der Waals surface area contributed by atoms with Gasteiger partial charge >= 0.3 is 0 Å². The Labute approximate surface area is 176 Å². The monoisotopic (exact) mass is 416 g/mol. The molecule has 2 fully saturated rings. The van der Waals surface area contributed by atoms with Gasteiger partial charge in [0.1, 0.15) is 0 Å². The Morgan fingerprint density at radius 3 is 2.44 bits per heavy atom. The molecule has 7 heteroatoms. The van der Waals surface area contributed by atoms with E-state index in [1.807, 2.05) is 0 Å². The Morgan fingerprint density at radius 2 is 1.81 bits per heavy atom. The molecule has 0 aliphatic carbocycles. The van der Waals surface area contributed by atoms with Crippen LogP contribution in [0.5, 0.6) is 0 Å². The molecular formula is C20H34Cl2N4O. The zero-order chi connectivity index (χ0) is 17.5. The summed E-state index contributed by atoms with van der Waals surface area (Å²) in [7, 11) is 2.18. The SMILES string of the molecule is CN(CCN1CCN(C(=O)C2CCCCN2)CC1)Cc1ccccc1.Cl.Cl. The van der Waals surface area contributed by atoms with Crippen LogP contribution in [0, 0.1) is 0 Å². The highest BCUT2D eigenvalue weighted by atomic mass is 35.5. The highest BCUT2D eigenvalue weighted by molar-refractivity contribution is 5.85. The molecule has 1 amide bonds. The van der Waals surface area contributed by atoms with Crippen molar-refractivity contribution in [2.75, 3.05) is 52.9 Å². The quantitative estimate of drug-likeness (QED) is 0.771. The molecule has 5 nitrogen and oxygen atoms in total. The van der Waals surface area contributed by atoms with E-state index in [-0.39, 0.29) is 30.9 Å². The summed E-state index contributed by atoms with van der Waals surface area (Å²) in [4.78, 5) is 19.5. The molecule has 1 aromatic carbocycles. The van der Waals surface area contributed by atoms with Crippen LogP contribution in [-0.4, -0.2) is 79.5 Å². The van der Waals surface area contributed by atoms with E-state index in [1.165, 1.54) is 18.4 Å². The Bertz CT molecular complexity index is 532. The van der Waals surface area contributed by atoms with Gasteiger partial charge in [-0.3, -0.25) is 9.69 Å². The molecule has 0 aromatic heterocycles. The summed E-state index contributed by atoms with van der Waals surface area (Å²) >= 11 is 0. The van der Waals surface area contributed by atoms with E-state index in [9.17, 15) is 4.79 Å². The lowest BCUT2D eigenvalue weighted by Gasteiger charge is -2.37. The topological polar surface area (TPSA) is 38.8 Å². The third-order valence-corrected chi connectivity index (χ3v) is 5.39. The maximum atomic E-state index is 12.6. The molecule has 2 heterocycles. The first kappa shape index (κ1) is 24.2. The summed E-state index contributed by atoms with van der Waals surface area (Å²) in [5.74, 6) is 0.320. The van der Waals surface area contributed by atoms with Gasteiger partial charge in [0.2, 0.25) is 5.91 Å². The molecule has 1 unspecified atom stereocenters. The minimum absolute atomic E-state index is 0. The van der Waals surface area contributed by atoms with E-state index >= 15 is 0 Å². The fraction of sp³-hybridized carbons (Fsp3) is 0.650. The minimum atomic E-state index is 0. The number of nitrogens with one attached hydrogen (secondary N) is 1. The summed E-state index contributed by atoms with van der Waals surface area (Å²) < 4.78 is 0. The van der Waals surface area contributed by atoms with Crippen LogP contribution in [0.3, 0.4) is 0 Å². The molecular weight excluding hydrogens is 383 g/mol. The third-order valence-electron chi connectivity index (χ3n) is 5.39. The van der Waals surface area contributed by atoms with Crippen molar-refractivity contribution < 1.29 is 4.79 Å². The largest absolute Gasteiger partial charge is 0.339 e. The van der Waals surface area contributed by atoms with Crippen LogP contribution < -0.4 is 5.32 Å². The molecule has 0 spiro atoms. The standard InChI is InChI=1S/C20H32N4O.2ClH/c1-22(17-18-7-3-2-4-8-18)11-12-23-13-15-24(16-14-23)20(25)19-9-5-6-10-21-19;;/h2-4,7-8,19,21H,5-6,9-17H2,1H3;2*1H. The van der Waals surface area contributed by atoms with Gasteiger partial charge in [0.05, 0.1) is 6.04 Å². The maximum Gasteiger partial charge on any atom is 0.239 e. The van der Waals surface area contributed by atoms with Gasteiger partial charge in [-0.15, -0.1) is 24.8 Å². The van der Waals surface area contributed by atoms with Gasteiger partial charge in [-0.25, -0.2) is 0 Å². The van der Waals surface area contributed by atoms with Gasteiger partial charge in [0.25, 0.3) is 0 Å². The van der Waals surface area contributed by atoms with Crippen molar-refractivity contribution in [2.24, 2.45) is 0 Å². The highest BCUT2D eigenvalue weighted by Gasteiger charge is 2.28. The van der Waals surface area contributed by atoms with Crippen LogP contribution in [-0.2, 0) is 11.3 Å². The molecule has 27 heavy (non-hydrogen) atoms. The van der Waals surface area contributed by atoms with E-state index in [4.69, 9.17) is 0 Å². The van der Waals surface area contributed by atoms with Crippen molar-refractivity contribution in [3.8, 4) is 0 Å². The summed E-state index contributed by atoms with van der Waals surface area (Å²) in [6, 6.07) is 10.7. The number of hydrogen-bond donors (Lipinski definition) is 1. The molecule has 2 aliphatic heterocycles. The first-order valence-electron chi connectivity index (χ1n) is 9.69. The summed E-state index contributed by atoms with van der Waals surface area (Å²) in [5, 5.41) is 3.38. The molecule has 2 saturated heterocycles. The molecule has 154 valence electrons. The molecule has 0 bridgehead atoms. The molecule has 1 N–H and O–H groups in total. The van der Waals surface area contributed by atoms with Crippen molar-refractivity contribution in [3.63, 3.8) is 0 Å². The molecule has 3 rings (SSSR count). The number of benzene rings is 1. The molecule has 1 aromatic rings. The van der Waals surface area contributed by atoms with Crippen molar-refractivity contribution >= 4 is 30.7 Å². The number of piperidine rings is 1. The fourth-order valence-electron chi connectivity index (χ4n) is 3.76. The Morgan fingerprint density at radius 1 is 1.11 bits per heavy atom. The van der Waals surface area contributed by atoms with Gasteiger partial charge in [-0.1, -0.05) is 36.8 Å². The number of hydrogen-bond acceptors (Lipinski definition) is 4. The second-order valence-corrected chi connectivity index (χ2v) is 7.39. The van der Waals surface area contributed by atoms with Crippen LogP contribution >= 0.6 is 24.8 Å². The van der Waals surface area contributed by atoms with Crippen LogP contribution in [0.1, 0.15) is 24.8 Å². The van der Waals surface area contributed by atoms with Crippen molar-refractivity contribution in [2.45, 2.75) is 31.8 Å². The second kappa shape index (κ2) is 12.6. The maximum absolute atomic E-state index is 12.6. The first-order chi connectivity index (χ1) is 12.2. The minimum Gasteiger partial charge on any atom is -0.339 e. The summed E-state index contributed by atoms with van der Waals surface area (Å²) in [6.07, 6.45) is 3.38. The average molecular weight is 417 g/mol. The van der Waals surface area contributed by atoms with Gasteiger partial charge in [0.15, 0.2) is 0 Å². The van der Waals surface area contributed by atoms with Crippen molar-refractivity contribution in [3.05, 3.63) is 35.9 Å². The Kier molecular flexibility index (Phi) is 11.3. The lowest BCUT2D eigenvalue weighted by molar-refractivity contribution is -0.135. The fourth-order valence-corrected chi connectivity index (χ4v) is 3.76. The van der Waals surface area contributed by atoms with Crippen molar-refractivity contribution in [1.29, 1.82) is 0 Å². The number of likely N-dealkylation sites (N-methyl/N-ethyl adjacent to an activating group) is 1. The smallest absolute Gasteiger partial charge is 0.239 e. The highest BCUT2D eigenvalue weighted by Crippen LogP contribution is 2.12. The van der Waals surface area contributed by atoms with Gasteiger partial charge in [-0.05, 0) is 32.0 Å². The van der Waals surface area contributed by atoms with Crippen LogP contribution in [0.15, 0.2) is 30.3 Å². The number of amides is 1.